The summed E-state index contributed by atoms with van der Waals surface area (Å²) >= 11 is 0. The van der Waals surface area contributed by atoms with Gasteiger partial charge in [-0.25, -0.2) is 4.98 Å². The number of alkyl halides is 3. The van der Waals surface area contributed by atoms with Crippen LogP contribution in [0.15, 0.2) is 47.0 Å². The Morgan fingerprint density at radius 3 is 2.39 bits per heavy atom. The number of benzene rings is 1. The standard InChI is InChI=1S/C20H17F3N4O4/c1-19(2,3)16-10-15(31-26-16)18(28)25-17-14(27(29)30)9-8-13(24-17)11-6-4-5-7-12(11)20(21,22)23/h4-10H,1-3H3,(H,24,25,28). The van der Waals surface area contributed by atoms with E-state index in [4.69, 9.17) is 4.52 Å². The zero-order chi connectivity index (χ0) is 23.0. The molecule has 2 heterocycles. The number of hydrogen-bond donors (Lipinski definition) is 1. The first-order chi connectivity index (χ1) is 14.4. The fourth-order valence-corrected chi connectivity index (χ4v) is 2.70. The molecule has 162 valence electrons. The predicted molar refractivity (Wildman–Crippen MR) is 104 cm³/mol. The minimum atomic E-state index is -4.66. The fraction of sp³-hybridized carbons (Fsp3) is 0.250. The number of carbonyl (C=O) groups excluding carboxylic acids is 1. The van der Waals surface area contributed by atoms with Crippen molar-refractivity contribution in [1.29, 1.82) is 0 Å². The van der Waals surface area contributed by atoms with E-state index in [-0.39, 0.29) is 17.0 Å². The number of pyridine rings is 1. The van der Waals surface area contributed by atoms with E-state index in [2.05, 4.69) is 15.5 Å². The summed E-state index contributed by atoms with van der Waals surface area (Å²) < 4.78 is 45.0. The summed E-state index contributed by atoms with van der Waals surface area (Å²) in [6.07, 6.45) is -4.66. The van der Waals surface area contributed by atoms with Gasteiger partial charge in [-0.05, 0) is 12.1 Å². The lowest BCUT2D eigenvalue weighted by atomic mass is 9.92. The molecule has 1 amide bonds. The Balaban J connectivity index is 2.02. The van der Waals surface area contributed by atoms with Gasteiger partial charge in [0.25, 0.3) is 5.91 Å². The van der Waals surface area contributed by atoms with Crippen molar-refractivity contribution < 1.29 is 27.4 Å². The molecule has 0 spiro atoms. The minimum absolute atomic E-state index is 0.193. The van der Waals surface area contributed by atoms with Crippen LogP contribution in [0.4, 0.5) is 24.7 Å². The Labute approximate surface area is 174 Å². The highest BCUT2D eigenvalue weighted by molar-refractivity contribution is 6.03. The molecule has 0 fully saturated rings. The molecule has 1 N–H and O–H groups in total. The molecule has 8 nitrogen and oxygen atoms in total. The van der Waals surface area contributed by atoms with Crippen LogP contribution in [0.25, 0.3) is 11.3 Å². The molecule has 0 bridgehead atoms. The van der Waals surface area contributed by atoms with Crippen molar-refractivity contribution in [3.05, 3.63) is 69.6 Å². The number of halogens is 3. The molecule has 3 aromatic rings. The van der Waals surface area contributed by atoms with Crippen LogP contribution in [0.5, 0.6) is 0 Å². The third-order valence-electron chi connectivity index (χ3n) is 4.31. The third-order valence-corrected chi connectivity index (χ3v) is 4.31. The molecule has 1 aromatic carbocycles. The van der Waals surface area contributed by atoms with Gasteiger partial charge in [0.2, 0.25) is 11.6 Å². The molecule has 11 heteroatoms. The van der Waals surface area contributed by atoms with E-state index < -0.39 is 39.5 Å². The largest absolute Gasteiger partial charge is 0.417 e. The summed E-state index contributed by atoms with van der Waals surface area (Å²) in [5, 5.41) is 17.4. The SMILES string of the molecule is CC(C)(C)c1cc(C(=O)Nc2nc(-c3ccccc3C(F)(F)F)ccc2[N+](=O)[O-])on1. The van der Waals surface area contributed by atoms with Crippen LogP contribution in [0.1, 0.15) is 42.6 Å². The molecule has 0 atom stereocenters. The first kappa shape index (κ1) is 21.9. The Kier molecular flexibility index (Phi) is 5.53. The molecule has 0 aliphatic rings. The highest BCUT2D eigenvalue weighted by atomic mass is 19.4. The average molecular weight is 434 g/mol. The summed E-state index contributed by atoms with van der Waals surface area (Å²) in [4.78, 5) is 27.0. The van der Waals surface area contributed by atoms with E-state index in [1.54, 1.807) is 0 Å². The van der Waals surface area contributed by atoms with E-state index in [1.165, 1.54) is 24.3 Å². The van der Waals surface area contributed by atoms with Gasteiger partial charge in [0.1, 0.15) is 0 Å². The first-order valence-corrected chi connectivity index (χ1v) is 8.98. The van der Waals surface area contributed by atoms with Gasteiger partial charge in [0.15, 0.2) is 0 Å². The molecule has 31 heavy (non-hydrogen) atoms. The fourth-order valence-electron chi connectivity index (χ4n) is 2.70. The molecule has 2 aromatic heterocycles. The van der Waals surface area contributed by atoms with Gasteiger partial charge in [0.05, 0.1) is 21.9 Å². The zero-order valence-electron chi connectivity index (χ0n) is 16.6. The number of nitrogens with zero attached hydrogens (tertiary/aromatic N) is 3. The number of anilines is 1. The summed E-state index contributed by atoms with van der Waals surface area (Å²) in [6, 6.07) is 8.11. The summed E-state index contributed by atoms with van der Waals surface area (Å²) in [7, 11) is 0. The Morgan fingerprint density at radius 2 is 1.81 bits per heavy atom. The van der Waals surface area contributed by atoms with E-state index in [0.717, 1.165) is 18.2 Å². The average Bonchev–Trinajstić information content (AvgIpc) is 3.18. The van der Waals surface area contributed by atoms with E-state index in [9.17, 15) is 28.1 Å². The van der Waals surface area contributed by atoms with Crippen molar-refractivity contribution in [1.82, 2.24) is 10.1 Å². The number of amides is 1. The molecular weight excluding hydrogens is 417 g/mol. The summed E-state index contributed by atoms with van der Waals surface area (Å²) in [6.45, 7) is 5.54. The second-order valence-corrected chi connectivity index (χ2v) is 7.65. The first-order valence-electron chi connectivity index (χ1n) is 8.98. The maximum atomic E-state index is 13.3. The topological polar surface area (TPSA) is 111 Å². The molecule has 0 saturated carbocycles. The number of nitrogens with one attached hydrogen (secondary N) is 1. The van der Waals surface area contributed by atoms with Crippen LogP contribution in [0, 0.1) is 10.1 Å². The van der Waals surface area contributed by atoms with Crippen molar-refractivity contribution >= 4 is 17.4 Å². The Morgan fingerprint density at radius 1 is 1.13 bits per heavy atom. The minimum Gasteiger partial charge on any atom is -0.351 e. The third kappa shape index (κ3) is 4.71. The van der Waals surface area contributed by atoms with Crippen molar-refractivity contribution in [3.63, 3.8) is 0 Å². The Hall–Kier alpha value is -3.76. The molecule has 3 rings (SSSR count). The van der Waals surface area contributed by atoms with Gasteiger partial charge >= 0.3 is 11.9 Å². The van der Waals surface area contributed by atoms with E-state index >= 15 is 0 Å². The molecule has 0 unspecified atom stereocenters. The van der Waals surface area contributed by atoms with Gasteiger partial charge in [-0.15, -0.1) is 0 Å². The van der Waals surface area contributed by atoms with Crippen LogP contribution in [0.3, 0.4) is 0 Å². The van der Waals surface area contributed by atoms with Gasteiger partial charge in [-0.2, -0.15) is 13.2 Å². The summed E-state index contributed by atoms with van der Waals surface area (Å²) in [5.74, 6) is -1.61. The number of rotatable bonds is 4. The van der Waals surface area contributed by atoms with Crippen molar-refractivity contribution in [3.8, 4) is 11.3 Å². The second-order valence-electron chi connectivity index (χ2n) is 7.65. The normalized spacial score (nSPS) is 11.9. The van der Waals surface area contributed by atoms with Gasteiger partial charge in [0, 0.05) is 23.1 Å². The van der Waals surface area contributed by atoms with Crippen LogP contribution in [-0.2, 0) is 11.6 Å². The maximum absolute atomic E-state index is 13.3. The molecule has 0 aliphatic heterocycles. The van der Waals surface area contributed by atoms with Gasteiger partial charge in [-0.1, -0.05) is 44.1 Å². The van der Waals surface area contributed by atoms with E-state index in [0.29, 0.717) is 5.69 Å². The number of carbonyl (C=O) groups is 1. The number of nitro groups is 1. The molecule has 0 saturated heterocycles. The predicted octanol–water partition coefficient (Wildman–Crippen LogP) is 5.21. The lowest BCUT2D eigenvalue weighted by Gasteiger charge is -2.13. The summed E-state index contributed by atoms with van der Waals surface area (Å²) in [5.41, 5.74) is -1.95. The Bertz CT molecular complexity index is 1150. The smallest absolute Gasteiger partial charge is 0.351 e. The molecule has 0 aliphatic carbocycles. The quantitative estimate of drug-likeness (QED) is 0.446. The molecule has 0 radical (unpaired) electrons. The van der Waals surface area contributed by atoms with Crippen LogP contribution < -0.4 is 5.32 Å². The van der Waals surface area contributed by atoms with Crippen LogP contribution in [-0.4, -0.2) is 21.0 Å². The lowest BCUT2D eigenvalue weighted by molar-refractivity contribution is -0.384. The van der Waals surface area contributed by atoms with E-state index in [1.807, 2.05) is 20.8 Å². The number of hydrogen-bond acceptors (Lipinski definition) is 6. The van der Waals surface area contributed by atoms with Crippen molar-refractivity contribution in [2.75, 3.05) is 5.32 Å². The van der Waals surface area contributed by atoms with Crippen LogP contribution >= 0.6 is 0 Å². The second kappa shape index (κ2) is 7.82. The van der Waals surface area contributed by atoms with Crippen molar-refractivity contribution in [2.24, 2.45) is 0 Å². The molecular formula is C20H17F3N4O4. The van der Waals surface area contributed by atoms with Crippen molar-refractivity contribution in [2.45, 2.75) is 32.4 Å². The van der Waals surface area contributed by atoms with Gasteiger partial charge in [-0.3, -0.25) is 20.2 Å². The zero-order valence-corrected chi connectivity index (χ0v) is 16.6. The number of aromatic nitrogens is 2. The lowest BCUT2D eigenvalue weighted by Crippen LogP contribution is -2.15. The van der Waals surface area contributed by atoms with Gasteiger partial charge < -0.3 is 4.52 Å². The highest BCUT2D eigenvalue weighted by Gasteiger charge is 2.34. The monoisotopic (exact) mass is 434 g/mol. The highest BCUT2D eigenvalue weighted by Crippen LogP contribution is 2.37. The van der Waals surface area contributed by atoms with Crippen LogP contribution in [0.2, 0.25) is 0 Å². The maximum Gasteiger partial charge on any atom is 0.417 e.